The number of hydrogen-bond acceptors (Lipinski definition) is 3. The molecule has 0 radical (unpaired) electrons. The number of nitrogens with one attached hydrogen (secondary N) is 1. The third kappa shape index (κ3) is 4.90. The fraction of sp³-hybridized carbons (Fsp3) is 0.435. The zero-order chi connectivity index (χ0) is 22.1. The highest BCUT2D eigenvalue weighted by molar-refractivity contribution is 7.89. The highest BCUT2D eigenvalue weighted by Gasteiger charge is 2.32. The summed E-state index contributed by atoms with van der Waals surface area (Å²) in [5, 5.41) is 2.64. The number of benzene rings is 2. The van der Waals surface area contributed by atoms with E-state index in [1.165, 1.54) is 10.4 Å². The van der Waals surface area contributed by atoms with E-state index in [1.54, 1.807) is 24.3 Å². The van der Waals surface area contributed by atoms with Crippen molar-refractivity contribution in [1.82, 2.24) is 4.31 Å². The Balaban J connectivity index is 1.64. The van der Waals surface area contributed by atoms with Crippen molar-refractivity contribution in [3.8, 4) is 0 Å². The molecule has 1 aliphatic heterocycles. The summed E-state index contributed by atoms with van der Waals surface area (Å²) in [6.07, 6.45) is 0.803. The Kier molecular flexibility index (Phi) is 6.34. The molecule has 0 aromatic heterocycles. The van der Waals surface area contributed by atoms with Crippen molar-refractivity contribution >= 4 is 21.6 Å². The lowest BCUT2D eigenvalue weighted by molar-refractivity contribution is -0.120. The number of halogens is 1. The molecule has 0 saturated carbocycles. The quantitative estimate of drug-likeness (QED) is 0.775. The fourth-order valence-electron chi connectivity index (χ4n) is 3.60. The number of aryl methyl sites for hydroxylation is 1. The first-order valence-electron chi connectivity index (χ1n) is 10.2. The summed E-state index contributed by atoms with van der Waals surface area (Å²) in [4.78, 5) is 12.8. The van der Waals surface area contributed by atoms with Crippen molar-refractivity contribution in [1.29, 1.82) is 0 Å². The van der Waals surface area contributed by atoms with Gasteiger partial charge in [0.25, 0.3) is 0 Å². The van der Waals surface area contributed by atoms with Crippen molar-refractivity contribution in [3.63, 3.8) is 0 Å². The Labute approximate surface area is 178 Å². The third-order valence-electron chi connectivity index (χ3n) is 5.56. The van der Waals surface area contributed by atoms with Crippen LogP contribution in [0.2, 0.25) is 0 Å². The van der Waals surface area contributed by atoms with Gasteiger partial charge >= 0.3 is 0 Å². The minimum Gasteiger partial charge on any atom is -0.323 e. The molecule has 7 heteroatoms. The molecule has 1 aliphatic rings. The van der Waals surface area contributed by atoms with Crippen LogP contribution in [0.25, 0.3) is 0 Å². The maximum Gasteiger partial charge on any atom is 0.243 e. The highest BCUT2D eigenvalue weighted by Crippen LogP contribution is 2.28. The van der Waals surface area contributed by atoms with Crippen LogP contribution in [0.5, 0.6) is 0 Å². The van der Waals surface area contributed by atoms with Crippen LogP contribution < -0.4 is 5.32 Å². The van der Waals surface area contributed by atoms with E-state index >= 15 is 0 Å². The lowest BCUT2D eigenvalue weighted by Crippen LogP contribution is -2.41. The second kappa shape index (κ2) is 8.47. The van der Waals surface area contributed by atoms with Gasteiger partial charge in [-0.2, -0.15) is 4.31 Å². The Morgan fingerprint density at radius 3 is 2.23 bits per heavy atom. The highest BCUT2D eigenvalue weighted by atomic mass is 32.2. The predicted molar refractivity (Wildman–Crippen MR) is 116 cm³/mol. The monoisotopic (exact) mass is 432 g/mol. The van der Waals surface area contributed by atoms with Gasteiger partial charge in [-0.05, 0) is 60.6 Å². The Morgan fingerprint density at radius 2 is 1.67 bits per heavy atom. The van der Waals surface area contributed by atoms with Gasteiger partial charge in [-0.3, -0.25) is 4.79 Å². The van der Waals surface area contributed by atoms with E-state index in [0.29, 0.717) is 12.8 Å². The number of amides is 1. The smallest absolute Gasteiger partial charge is 0.243 e. The average Bonchev–Trinajstić information content (AvgIpc) is 2.70. The number of sulfonamides is 1. The van der Waals surface area contributed by atoms with Gasteiger partial charge in [0, 0.05) is 19.0 Å². The number of nitrogens with zero attached hydrogens (tertiary/aromatic N) is 1. The van der Waals surface area contributed by atoms with Crippen LogP contribution in [0.1, 0.15) is 44.7 Å². The normalized spacial score (nSPS) is 16.4. The number of carbonyl (C=O) groups is 1. The predicted octanol–water partition coefficient (Wildman–Crippen LogP) is 4.47. The molecular formula is C23H29FN2O3S. The molecule has 1 fully saturated rings. The number of carbonyl (C=O) groups excluding carboxylic acids is 1. The molecule has 0 atom stereocenters. The van der Waals surface area contributed by atoms with Crippen molar-refractivity contribution in [2.75, 3.05) is 18.4 Å². The zero-order valence-corrected chi connectivity index (χ0v) is 18.7. The first-order chi connectivity index (χ1) is 14.0. The van der Waals surface area contributed by atoms with Crippen LogP contribution >= 0.6 is 0 Å². The van der Waals surface area contributed by atoms with Gasteiger partial charge in [-0.25, -0.2) is 12.8 Å². The summed E-state index contributed by atoms with van der Waals surface area (Å²) in [5.41, 5.74) is 2.03. The molecule has 2 aromatic rings. The molecule has 0 bridgehead atoms. The lowest BCUT2D eigenvalue weighted by atomic mass is 9.87. The molecular weight excluding hydrogens is 403 g/mol. The third-order valence-corrected chi connectivity index (χ3v) is 7.48. The van der Waals surface area contributed by atoms with Gasteiger partial charge < -0.3 is 5.32 Å². The molecule has 162 valence electrons. The lowest BCUT2D eigenvalue weighted by Gasteiger charge is -2.30. The molecule has 0 unspecified atom stereocenters. The number of anilines is 1. The maximum atomic E-state index is 13.9. The van der Waals surface area contributed by atoms with E-state index in [0.717, 1.165) is 11.1 Å². The first kappa shape index (κ1) is 22.4. The van der Waals surface area contributed by atoms with Crippen LogP contribution in [-0.4, -0.2) is 31.7 Å². The summed E-state index contributed by atoms with van der Waals surface area (Å²) in [5.74, 6) is -1.10. The van der Waals surface area contributed by atoms with Gasteiger partial charge in [-0.1, -0.05) is 39.0 Å². The second-order valence-electron chi connectivity index (χ2n) is 8.93. The van der Waals surface area contributed by atoms with Gasteiger partial charge in [0.2, 0.25) is 15.9 Å². The molecule has 30 heavy (non-hydrogen) atoms. The molecule has 1 saturated heterocycles. The molecule has 1 N–H and O–H groups in total. The van der Waals surface area contributed by atoms with Gasteiger partial charge in [0.15, 0.2) is 0 Å². The number of hydrogen-bond donors (Lipinski definition) is 1. The van der Waals surface area contributed by atoms with Crippen LogP contribution in [0.4, 0.5) is 10.1 Å². The average molecular weight is 433 g/mol. The van der Waals surface area contributed by atoms with Gasteiger partial charge in [0.05, 0.1) is 10.6 Å². The Hall–Kier alpha value is -2.25. The van der Waals surface area contributed by atoms with Crippen molar-refractivity contribution < 1.29 is 17.6 Å². The molecule has 3 rings (SSSR count). The van der Waals surface area contributed by atoms with Crippen LogP contribution in [0.3, 0.4) is 0 Å². The van der Waals surface area contributed by atoms with Crippen LogP contribution in [-0.2, 0) is 20.2 Å². The van der Waals surface area contributed by atoms with E-state index in [9.17, 15) is 17.6 Å². The van der Waals surface area contributed by atoms with Crippen LogP contribution in [0, 0.1) is 18.7 Å². The minimum absolute atomic E-state index is 0.0508. The van der Waals surface area contributed by atoms with E-state index in [4.69, 9.17) is 0 Å². The maximum absolute atomic E-state index is 13.9. The van der Waals surface area contributed by atoms with Crippen molar-refractivity contribution in [2.24, 2.45) is 5.92 Å². The van der Waals surface area contributed by atoms with Crippen molar-refractivity contribution in [2.45, 2.75) is 50.8 Å². The largest absolute Gasteiger partial charge is 0.323 e. The van der Waals surface area contributed by atoms with E-state index in [1.807, 2.05) is 19.1 Å². The molecule has 1 heterocycles. The SMILES string of the molecule is Cc1ccc(F)c(NC(=O)C2CCN(S(=O)(=O)c3ccc(C(C)(C)C)cc3)CC2)c1. The molecule has 1 amide bonds. The standard InChI is InChI=1S/C23H29FN2O3S/c1-16-5-10-20(24)21(15-16)25-22(27)17-11-13-26(14-12-17)30(28,29)19-8-6-18(7-9-19)23(2,3)4/h5-10,15,17H,11-14H2,1-4H3,(H,25,27). The Morgan fingerprint density at radius 1 is 1.07 bits per heavy atom. The summed E-state index contributed by atoms with van der Waals surface area (Å²) in [6, 6.07) is 11.6. The molecule has 5 nitrogen and oxygen atoms in total. The van der Waals surface area contributed by atoms with E-state index < -0.39 is 15.8 Å². The second-order valence-corrected chi connectivity index (χ2v) is 10.9. The van der Waals surface area contributed by atoms with Crippen molar-refractivity contribution in [3.05, 3.63) is 59.4 Å². The van der Waals surface area contributed by atoms with E-state index in [-0.39, 0.29) is 40.9 Å². The summed E-state index contributed by atoms with van der Waals surface area (Å²) in [7, 11) is -3.60. The summed E-state index contributed by atoms with van der Waals surface area (Å²) >= 11 is 0. The molecule has 2 aromatic carbocycles. The van der Waals surface area contributed by atoms with Gasteiger partial charge in [-0.15, -0.1) is 0 Å². The molecule has 0 aliphatic carbocycles. The van der Waals surface area contributed by atoms with Gasteiger partial charge in [0.1, 0.15) is 5.82 Å². The number of rotatable bonds is 4. The fourth-order valence-corrected chi connectivity index (χ4v) is 5.07. The summed E-state index contributed by atoms with van der Waals surface area (Å²) < 4.78 is 41.3. The summed E-state index contributed by atoms with van der Waals surface area (Å²) in [6.45, 7) is 8.58. The Bertz CT molecular complexity index is 1020. The minimum atomic E-state index is -3.60. The topological polar surface area (TPSA) is 66.5 Å². The first-order valence-corrected chi connectivity index (χ1v) is 11.6. The zero-order valence-electron chi connectivity index (χ0n) is 17.9. The number of piperidine rings is 1. The molecule has 0 spiro atoms. The van der Waals surface area contributed by atoms with E-state index in [2.05, 4.69) is 26.1 Å². The van der Waals surface area contributed by atoms with Crippen LogP contribution in [0.15, 0.2) is 47.4 Å².